The van der Waals surface area contributed by atoms with E-state index in [1.807, 2.05) is 12.1 Å². The minimum absolute atomic E-state index is 0.172. The van der Waals surface area contributed by atoms with Crippen LogP contribution < -0.4 is 0 Å². The molecule has 2 atom stereocenters. The molecule has 0 aliphatic heterocycles. The maximum Gasteiger partial charge on any atom is 0.317 e. The summed E-state index contributed by atoms with van der Waals surface area (Å²) in [5.74, 6) is -1.55. The molecule has 1 aliphatic rings. The van der Waals surface area contributed by atoms with Crippen LogP contribution in [0.15, 0.2) is 36.4 Å². The van der Waals surface area contributed by atoms with Crippen LogP contribution in [0.4, 0.5) is 0 Å². The van der Waals surface area contributed by atoms with Crippen molar-refractivity contribution in [1.82, 2.24) is 0 Å². The molecule has 2 rings (SSSR count). The molecule has 0 aromatic heterocycles. The molecular weight excluding hydrogens is 264 g/mol. The van der Waals surface area contributed by atoms with Gasteiger partial charge in [0, 0.05) is 10.9 Å². The van der Waals surface area contributed by atoms with Crippen LogP contribution in [0, 0.1) is 5.92 Å². The number of esters is 1. The van der Waals surface area contributed by atoms with E-state index < -0.39 is 11.9 Å². The molecule has 19 heavy (non-hydrogen) atoms. The van der Waals surface area contributed by atoms with E-state index in [9.17, 15) is 9.59 Å². The Morgan fingerprint density at radius 1 is 1.37 bits per heavy atom. The highest BCUT2D eigenvalue weighted by Crippen LogP contribution is 2.34. The van der Waals surface area contributed by atoms with Gasteiger partial charge in [-0.2, -0.15) is 0 Å². The summed E-state index contributed by atoms with van der Waals surface area (Å²) >= 11 is 5.86. The molecular formula is C15H15ClO3. The highest BCUT2D eigenvalue weighted by atomic mass is 35.5. The average molecular weight is 279 g/mol. The van der Waals surface area contributed by atoms with Gasteiger partial charge in [-0.3, -0.25) is 9.59 Å². The van der Waals surface area contributed by atoms with Crippen LogP contribution in [0.1, 0.15) is 24.8 Å². The van der Waals surface area contributed by atoms with Crippen LogP contribution in [-0.2, 0) is 14.3 Å². The Morgan fingerprint density at radius 3 is 2.68 bits per heavy atom. The molecule has 4 heteroatoms. The average Bonchev–Trinajstić information content (AvgIpc) is 2.39. The Bertz CT molecular complexity index is 505. The van der Waals surface area contributed by atoms with Crippen LogP contribution >= 0.6 is 11.6 Å². The SMILES string of the molecule is CCOC(=O)C1C(=O)C=CCC1c1ccc(Cl)cc1. The minimum Gasteiger partial charge on any atom is -0.465 e. The summed E-state index contributed by atoms with van der Waals surface area (Å²) < 4.78 is 5.01. The molecule has 0 heterocycles. The topological polar surface area (TPSA) is 43.4 Å². The van der Waals surface area contributed by atoms with Gasteiger partial charge >= 0.3 is 5.97 Å². The summed E-state index contributed by atoms with van der Waals surface area (Å²) in [4.78, 5) is 23.9. The number of ether oxygens (including phenoxy) is 1. The van der Waals surface area contributed by atoms with Gasteiger partial charge in [-0.15, -0.1) is 0 Å². The predicted octanol–water partition coefficient (Wildman–Crippen LogP) is 3.13. The third kappa shape index (κ3) is 3.04. The van der Waals surface area contributed by atoms with Crippen molar-refractivity contribution < 1.29 is 14.3 Å². The fourth-order valence-electron chi connectivity index (χ4n) is 2.32. The Morgan fingerprint density at radius 2 is 2.05 bits per heavy atom. The predicted molar refractivity (Wildman–Crippen MR) is 73.1 cm³/mol. The van der Waals surface area contributed by atoms with Gasteiger partial charge in [0.1, 0.15) is 5.92 Å². The first kappa shape index (κ1) is 13.8. The highest BCUT2D eigenvalue weighted by Gasteiger charge is 2.37. The molecule has 0 saturated heterocycles. The zero-order chi connectivity index (χ0) is 13.8. The van der Waals surface area contributed by atoms with Crippen LogP contribution in [0.3, 0.4) is 0 Å². The van der Waals surface area contributed by atoms with Crippen molar-refractivity contribution in [3.63, 3.8) is 0 Å². The van der Waals surface area contributed by atoms with Crippen molar-refractivity contribution >= 4 is 23.4 Å². The zero-order valence-corrected chi connectivity index (χ0v) is 11.4. The molecule has 0 spiro atoms. The maximum atomic E-state index is 12.0. The van der Waals surface area contributed by atoms with E-state index in [1.54, 1.807) is 25.1 Å². The fraction of sp³-hybridized carbons (Fsp3) is 0.333. The standard InChI is InChI=1S/C15H15ClO3/c1-2-19-15(18)14-12(4-3-5-13(14)17)10-6-8-11(16)9-7-10/h3,5-9,12,14H,2,4H2,1H3. The van der Waals surface area contributed by atoms with E-state index in [1.165, 1.54) is 6.08 Å². The Balaban J connectivity index is 2.30. The van der Waals surface area contributed by atoms with Crippen molar-refractivity contribution in [3.8, 4) is 0 Å². The van der Waals surface area contributed by atoms with Crippen LogP contribution in [0.5, 0.6) is 0 Å². The number of benzene rings is 1. The molecule has 1 aromatic carbocycles. The summed E-state index contributed by atoms with van der Waals surface area (Å²) in [5.41, 5.74) is 0.931. The van der Waals surface area contributed by atoms with Gasteiger partial charge < -0.3 is 4.74 Å². The van der Waals surface area contributed by atoms with Crippen molar-refractivity contribution in [3.05, 3.63) is 47.0 Å². The molecule has 0 fully saturated rings. The number of allylic oxidation sites excluding steroid dienone is 2. The van der Waals surface area contributed by atoms with Crippen LogP contribution in [0.2, 0.25) is 5.02 Å². The van der Waals surface area contributed by atoms with E-state index >= 15 is 0 Å². The monoisotopic (exact) mass is 278 g/mol. The van der Waals surface area contributed by atoms with Crippen LogP contribution in [-0.4, -0.2) is 18.4 Å². The molecule has 1 aromatic rings. The Hall–Kier alpha value is -1.61. The molecule has 0 saturated carbocycles. The first-order valence-electron chi connectivity index (χ1n) is 6.26. The van der Waals surface area contributed by atoms with Crippen molar-refractivity contribution in [2.45, 2.75) is 19.3 Å². The number of ketones is 1. The second kappa shape index (κ2) is 6.02. The molecule has 0 amide bonds. The lowest BCUT2D eigenvalue weighted by atomic mass is 9.78. The van der Waals surface area contributed by atoms with Crippen molar-refractivity contribution in [1.29, 1.82) is 0 Å². The second-order valence-electron chi connectivity index (χ2n) is 4.43. The number of rotatable bonds is 3. The van der Waals surface area contributed by atoms with Gasteiger partial charge in [-0.1, -0.05) is 29.8 Å². The lowest BCUT2D eigenvalue weighted by molar-refractivity contribution is -0.151. The van der Waals surface area contributed by atoms with E-state index in [2.05, 4.69) is 0 Å². The van der Waals surface area contributed by atoms with Gasteiger partial charge in [-0.25, -0.2) is 0 Å². The summed E-state index contributed by atoms with van der Waals surface area (Å²) in [6, 6.07) is 7.24. The highest BCUT2D eigenvalue weighted by molar-refractivity contribution is 6.30. The fourth-order valence-corrected chi connectivity index (χ4v) is 2.45. The number of carbonyl (C=O) groups is 2. The van der Waals surface area contributed by atoms with E-state index in [0.717, 1.165) is 5.56 Å². The quantitative estimate of drug-likeness (QED) is 0.630. The van der Waals surface area contributed by atoms with Gasteiger partial charge in [0.25, 0.3) is 0 Å². The zero-order valence-electron chi connectivity index (χ0n) is 10.6. The van der Waals surface area contributed by atoms with Crippen LogP contribution in [0.25, 0.3) is 0 Å². The summed E-state index contributed by atoms with van der Waals surface area (Å²) in [5, 5.41) is 0.633. The normalized spacial score (nSPS) is 22.3. The van der Waals surface area contributed by atoms with Gasteiger partial charge in [0.2, 0.25) is 0 Å². The van der Waals surface area contributed by atoms with E-state index in [4.69, 9.17) is 16.3 Å². The first-order valence-corrected chi connectivity index (χ1v) is 6.63. The minimum atomic E-state index is -0.744. The maximum absolute atomic E-state index is 12.0. The summed E-state index contributed by atoms with van der Waals surface area (Å²) in [6.45, 7) is 2.01. The number of carbonyl (C=O) groups excluding carboxylic acids is 2. The lowest BCUT2D eigenvalue weighted by Gasteiger charge is -2.26. The van der Waals surface area contributed by atoms with Crippen molar-refractivity contribution in [2.75, 3.05) is 6.61 Å². The molecule has 100 valence electrons. The lowest BCUT2D eigenvalue weighted by Crippen LogP contribution is -2.32. The van der Waals surface area contributed by atoms with Gasteiger partial charge in [0.15, 0.2) is 5.78 Å². The summed E-state index contributed by atoms with van der Waals surface area (Å²) in [6.07, 6.45) is 3.92. The Kier molecular flexibility index (Phi) is 4.38. The largest absolute Gasteiger partial charge is 0.465 e. The third-order valence-electron chi connectivity index (χ3n) is 3.22. The van der Waals surface area contributed by atoms with E-state index in [-0.39, 0.29) is 18.3 Å². The molecule has 0 N–H and O–H groups in total. The van der Waals surface area contributed by atoms with E-state index in [0.29, 0.717) is 11.4 Å². The molecule has 0 bridgehead atoms. The second-order valence-corrected chi connectivity index (χ2v) is 4.86. The summed E-state index contributed by atoms with van der Waals surface area (Å²) in [7, 11) is 0. The Labute approximate surface area is 117 Å². The van der Waals surface area contributed by atoms with Gasteiger partial charge in [-0.05, 0) is 37.1 Å². The molecule has 3 nitrogen and oxygen atoms in total. The first-order chi connectivity index (χ1) is 9.13. The molecule has 2 unspecified atom stereocenters. The van der Waals surface area contributed by atoms with Gasteiger partial charge in [0.05, 0.1) is 6.61 Å². The molecule has 0 radical (unpaired) electrons. The number of halogens is 1. The molecule has 1 aliphatic carbocycles. The smallest absolute Gasteiger partial charge is 0.317 e. The number of hydrogen-bond donors (Lipinski definition) is 0. The van der Waals surface area contributed by atoms with Crippen molar-refractivity contribution in [2.24, 2.45) is 5.92 Å². The number of hydrogen-bond acceptors (Lipinski definition) is 3. The third-order valence-corrected chi connectivity index (χ3v) is 3.47.